The van der Waals surface area contributed by atoms with Crippen LogP contribution in [-0.2, 0) is 11.2 Å². The first-order valence-corrected chi connectivity index (χ1v) is 11.0. The Hall–Kier alpha value is -2.89. The van der Waals surface area contributed by atoms with Crippen molar-refractivity contribution >= 4 is 0 Å². The van der Waals surface area contributed by atoms with E-state index in [2.05, 4.69) is 48.3 Å². The Morgan fingerprint density at radius 3 is 2.31 bits per heavy atom. The van der Waals surface area contributed by atoms with Crippen molar-refractivity contribution in [2.24, 2.45) is 0 Å². The van der Waals surface area contributed by atoms with Crippen LogP contribution in [0.4, 0.5) is 0 Å². The molecule has 32 heavy (non-hydrogen) atoms. The second-order valence-electron chi connectivity index (χ2n) is 9.12. The smallest absolute Gasteiger partial charge is 0.174 e. The molecule has 3 aromatic rings. The van der Waals surface area contributed by atoms with E-state index in [0.717, 1.165) is 12.0 Å². The second-order valence-corrected chi connectivity index (χ2v) is 9.12. The molecule has 2 aliphatic rings. The molecular formula is C27H32N2O3. The summed E-state index contributed by atoms with van der Waals surface area (Å²) in [6, 6.07) is 18.6. The number of methoxy groups -OCH3 is 1. The lowest BCUT2D eigenvalue weighted by Gasteiger charge is -2.40. The van der Waals surface area contributed by atoms with Gasteiger partial charge in [0.15, 0.2) is 5.60 Å². The van der Waals surface area contributed by atoms with E-state index in [1.807, 2.05) is 44.2 Å². The van der Waals surface area contributed by atoms with Gasteiger partial charge in [0.1, 0.15) is 17.1 Å². The fourth-order valence-electron chi connectivity index (χ4n) is 5.12. The van der Waals surface area contributed by atoms with Crippen LogP contribution >= 0.6 is 0 Å². The fourth-order valence-corrected chi connectivity index (χ4v) is 5.12. The molecule has 0 spiro atoms. The van der Waals surface area contributed by atoms with Crippen molar-refractivity contribution in [1.29, 1.82) is 0 Å². The van der Waals surface area contributed by atoms with Crippen LogP contribution in [0.2, 0.25) is 0 Å². The minimum Gasteiger partial charge on any atom is -0.495 e. The summed E-state index contributed by atoms with van der Waals surface area (Å²) in [5, 5.41) is 12.2. The Labute approximate surface area is 190 Å². The molecule has 0 bridgehead atoms. The highest BCUT2D eigenvalue weighted by atomic mass is 16.5. The van der Waals surface area contributed by atoms with Gasteiger partial charge in [-0.15, -0.1) is 0 Å². The number of benzene rings is 2. The third kappa shape index (κ3) is 3.46. The number of hydrogen-bond donors (Lipinski definition) is 1. The Balaban J connectivity index is 0.000000567. The average Bonchev–Trinajstić information content (AvgIpc) is 3.21. The number of ether oxygens (including phenoxy) is 2. The van der Waals surface area contributed by atoms with Gasteiger partial charge in [0.25, 0.3) is 0 Å². The Bertz CT molecular complexity index is 1070. The summed E-state index contributed by atoms with van der Waals surface area (Å²) in [6.07, 6.45) is 4.75. The van der Waals surface area contributed by atoms with Gasteiger partial charge >= 0.3 is 0 Å². The van der Waals surface area contributed by atoms with Crippen LogP contribution in [0.5, 0.6) is 11.5 Å². The van der Waals surface area contributed by atoms with E-state index in [9.17, 15) is 5.11 Å². The molecule has 2 aromatic carbocycles. The second kappa shape index (κ2) is 8.57. The van der Waals surface area contributed by atoms with Crippen LogP contribution in [0, 0.1) is 6.92 Å². The van der Waals surface area contributed by atoms with Crippen LogP contribution in [0.3, 0.4) is 0 Å². The van der Waals surface area contributed by atoms with E-state index >= 15 is 0 Å². The van der Waals surface area contributed by atoms with Crippen molar-refractivity contribution in [3.05, 3.63) is 89.2 Å². The first-order chi connectivity index (χ1) is 15.3. The van der Waals surface area contributed by atoms with E-state index in [1.165, 1.54) is 11.1 Å². The molecule has 5 rings (SSSR count). The normalized spacial score (nSPS) is 25.4. The highest BCUT2D eigenvalue weighted by molar-refractivity contribution is 5.57. The Morgan fingerprint density at radius 1 is 1.03 bits per heavy atom. The minimum absolute atomic E-state index is 0.0125. The SMILES string of the molecule is CN(C)C.COc1cncc2c1C1(O)CCC(c3ccccc3)C1(c1ccc(C)cc1)O2. The third-order valence-electron chi connectivity index (χ3n) is 6.36. The standard InChI is InChI=1S/C24H23NO3.C3H9N/c1-16-8-10-18(11-9-16)24-19(17-6-4-3-5-7-17)12-13-23(24,26)22-20(27-2)14-25-15-21(22)28-24;1-4(2)3/h3-11,14-15,19,26H,12-13H2,1-2H3;1-3H3. The van der Waals surface area contributed by atoms with Crippen LogP contribution in [0.1, 0.15) is 41.0 Å². The molecule has 168 valence electrons. The van der Waals surface area contributed by atoms with E-state index in [0.29, 0.717) is 23.5 Å². The largest absolute Gasteiger partial charge is 0.495 e. The lowest BCUT2D eigenvalue weighted by atomic mass is 9.71. The maximum Gasteiger partial charge on any atom is 0.174 e. The van der Waals surface area contributed by atoms with Crippen LogP contribution < -0.4 is 9.47 Å². The van der Waals surface area contributed by atoms with Crippen LogP contribution in [0.15, 0.2) is 67.0 Å². The number of hydrogen-bond acceptors (Lipinski definition) is 5. The Kier molecular flexibility index (Phi) is 5.97. The summed E-state index contributed by atoms with van der Waals surface area (Å²) in [6.45, 7) is 2.06. The summed E-state index contributed by atoms with van der Waals surface area (Å²) < 4.78 is 12.2. The maximum absolute atomic E-state index is 12.2. The number of aryl methyl sites for hydroxylation is 1. The van der Waals surface area contributed by atoms with Gasteiger partial charge in [-0.05, 0) is 52.0 Å². The molecule has 1 aromatic heterocycles. The van der Waals surface area contributed by atoms with Crippen molar-refractivity contribution in [3.63, 3.8) is 0 Å². The topological polar surface area (TPSA) is 54.8 Å². The number of fused-ring (bicyclic) bond motifs is 3. The predicted octanol–water partition coefficient (Wildman–Crippen LogP) is 4.63. The van der Waals surface area contributed by atoms with Crippen molar-refractivity contribution in [3.8, 4) is 11.5 Å². The summed E-state index contributed by atoms with van der Waals surface area (Å²) in [5.41, 5.74) is 1.92. The average molecular weight is 433 g/mol. The van der Waals surface area contributed by atoms with Gasteiger partial charge in [0.05, 0.1) is 25.1 Å². The lowest BCUT2D eigenvalue weighted by Crippen LogP contribution is -2.48. The third-order valence-corrected chi connectivity index (χ3v) is 6.36. The molecule has 5 nitrogen and oxygen atoms in total. The molecule has 1 aliphatic heterocycles. The fraction of sp³-hybridized carbons (Fsp3) is 0.370. The molecule has 1 N–H and O–H groups in total. The zero-order valence-corrected chi connectivity index (χ0v) is 19.5. The number of aromatic nitrogens is 1. The zero-order chi connectivity index (χ0) is 22.9. The highest BCUT2D eigenvalue weighted by Crippen LogP contribution is 2.67. The Morgan fingerprint density at radius 2 is 1.69 bits per heavy atom. The molecule has 0 amide bonds. The van der Waals surface area contributed by atoms with Gasteiger partial charge < -0.3 is 19.5 Å². The minimum atomic E-state index is -1.19. The van der Waals surface area contributed by atoms with Crippen molar-refractivity contribution in [1.82, 2.24) is 9.88 Å². The number of aliphatic hydroxyl groups is 1. The highest BCUT2D eigenvalue weighted by Gasteiger charge is 2.69. The number of nitrogens with zero attached hydrogens (tertiary/aromatic N) is 2. The van der Waals surface area contributed by atoms with Gasteiger partial charge in [-0.25, -0.2) is 0 Å². The summed E-state index contributed by atoms with van der Waals surface area (Å²) in [4.78, 5) is 6.26. The molecule has 3 unspecified atom stereocenters. The van der Waals surface area contributed by atoms with E-state index in [4.69, 9.17) is 9.47 Å². The summed E-state index contributed by atoms with van der Waals surface area (Å²) >= 11 is 0. The van der Waals surface area contributed by atoms with Gasteiger partial charge in [-0.2, -0.15) is 0 Å². The molecule has 0 radical (unpaired) electrons. The van der Waals surface area contributed by atoms with Gasteiger partial charge in [0.2, 0.25) is 0 Å². The molecule has 5 heteroatoms. The van der Waals surface area contributed by atoms with Gasteiger partial charge in [0, 0.05) is 5.92 Å². The predicted molar refractivity (Wildman–Crippen MR) is 126 cm³/mol. The maximum atomic E-state index is 12.2. The molecule has 2 heterocycles. The molecule has 3 atom stereocenters. The van der Waals surface area contributed by atoms with Crippen molar-refractivity contribution in [2.45, 2.75) is 36.9 Å². The molecule has 1 fully saturated rings. The first kappa shape index (κ1) is 22.3. The quantitative estimate of drug-likeness (QED) is 0.654. The zero-order valence-electron chi connectivity index (χ0n) is 19.5. The first-order valence-electron chi connectivity index (χ1n) is 11.0. The number of pyridine rings is 1. The van der Waals surface area contributed by atoms with Gasteiger partial charge in [-0.1, -0.05) is 60.2 Å². The van der Waals surface area contributed by atoms with E-state index < -0.39 is 11.2 Å². The van der Waals surface area contributed by atoms with Gasteiger partial charge in [-0.3, -0.25) is 4.98 Å². The van der Waals surface area contributed by atoms with Crippen LogP contribution in [-0.4, -0.2) is 43.2 Å². The number of rotatable bonds is 3. The summed E-state index contributed by atoms with van der Waals surface area (Å²) in [5.74, 6) is 1.18. The molecular weight excluding hydrogens is 400 g/mol. The van der Waals surface area contributed by atoms with E-state index in [1.54, 1.807) is 19.5 Å². The lowest BCUT2D eigenvalue weighted by molar-refractivity contribution is -0.106. The molecule has 1 aliphatic carbocycles. The monoisotopic (exact) mass is 432 g/mol. The molecule has 0 saturated heterocycles. The molecule has 1 saturated carbocycles. The summed E-state index contributed by atoms with van der Waals surface area (Å²) in [7, 11) is 7.61. The van der Waals surface area contributed by atoms with Crippen molar-refractivity contribution in [2.75, 3.05) is 28.3 Å². The van der Waals surface area contributed by atoms with E-state index in [-0.39, 0.29) is 5.92 Å². The van der Waals surface area contributed by atoms with Crippen LogP contribution in [0.25, 0.3) is 0 Å². The van der Waals surface area contributed by atoms with Crippen molar-refractivity contribution < 1.29 is 14.6 Å².